The van der Waals surface area contributed by atoms with E-state index in [0.717, 1.165) is 6.07 Å². The molecule has 3 nitrogen and oxygen atoms in total. The molecule has 82 valence electrons. The van der Waals surface area contributed by atoms with E-state index in [1.54, 1.807) is 0 Å². The molecule has 0 unspecified atom stereocenters. The Kier molecular flexibility index (Phi) is 2.98. The van der Waals surface area contributed by atoms with Crippen LogP contribution in [0.25, 0.3) is 0 Å². The number of nitro groups is 1. The minimum Gasteiger partial charge on any atom is -0.258 e. The summed E-state index contributed by atoms with van der Waals surface area (Å²) in [6, 6.07) is 1.44. The molecule has 0 amide bonds. The number of rotatable bonds is 1. The van der Waals surface area contributed by atoms with Gasteiger partial charge < -0.3 is 0 Å². The van der Waals surface area contributed by atoms with Gasteiger partial charge in [-0.15, -0.1) is 0 Å². The van der Waals surface area contributed by atoms with Gasteiger partial charge in [-0.2, -0.15) is 13.2 Å². The molecule has 0 heterocycles. The zero-order chi connectivity index (χ0) is 11.8. The molecule has 0 N–H and O–H groups in total. The Morgan fingerprint density at radius 3 is 2.27 bits per heavy atom. The summed E-state index contributed by atoms with van der Waals surface area (Å²) in [5, 5.41) is 10.3. The lowest BCUT2D eigenvalue weighted by Gasteiger charge is -2.08. The minimum absolute atomic E-state index is 0.472. The fourth-order valence-corrected chi connectivity index (χ4v) is 1.29. The van der Waals surface area contributed by atoms with Gasteiger partial charge in [0, 0.05) is 6.07 Å². The predicted molar refractivity (Wildman–Crippen MR) is 45.8 cm³/mol. The van der Waals surface area contributed by atoms with E-state index in [4.69, 9.17) is 0 Å². The standard InChI is InChI=1S/C7H2BrF4NO2/c8-3-1-2-4(13(14)15)5(6(3)9)7(10,11)12/h1-2H. The lowest BCUT2D eigenvalue weighted by molar-refractivity contribution is -0.388. The Morgan fingerprint density at radius 1 is 1.33 bits per heavy atom. The smallest absolute Gasteiger partial charge is 0.258 e. The maximum atomic E-state index is 13.0. The van der Waals surface area contributed by atoms with E-state index in [2.05, 4.69) is 15.9 Å². The van der Waals surface area contributed by atoms with Crippen molar-refractivity contribution in [3.8, 4) is 0 Å². The fraction of sp³-hybridized carbons (Fsp3) is 0.143. The van der Waals surface area contributed by atoms with E-state index < -0.39 is 32.6 Å². The Bertz CT molecular complexity index is 418. The average molecular weight is 288 g/mol. The van der Waals surface area contributed by atoms with Crippen LogP contribution >= 0.6 is 15.9 Å². The molecular weight excluding hydrogens is 286 g/mol. The van der Waals surface area contributed by atoms with Crippen molar-refractivity contribution in [3.05, 3.63) is 38.1 Å². The minimum atomic E-state index is -5.10. The number of nitrogens with zero attached hydrogens (tertiary/aromatic N) is 1. The average Bonchev–Trinajstić information content (AvgIpc) is 2.06. The van der Waals surface area contributed by atoms with Gasteiger partial charge in [0.1, 0.15) is 0 Å². The molecule has 0 aliphatic carbocycles. The molecule has 0 atom stereocenters. The second-order valence-corrected chi connectivity index (χ2v) is 3.36. The normalized spacial score (nSPS) is 11.5. The molecule has 0 aliphatic rings. The summed E-state index contributed by atoms with van der Waals surface area (Å²) in [6.45, 7) is 0. The van der Waals surface area contributed by atoms with Crippen LogP contribution in [-0.2, 0) is 6.18 Å². The zero-order valence-electron chi connectivity index (χ0n) is 6.81. The topological polar surface area (TPSA) is 43.1 Å². The van der Waals surface area contributed by atoms with Crippen molar-refractivity contribution in [1.29, 1.82) is 0 Å². The molecule has 0 aromatic heterocycles. The highest BCUT2D eigenvalue weighted by molar-refractivity contribution is 9.10. The van der Waals surface area contributed by atoms with Crippen LogP contribution in [0.3, 0.4) is 0 Å². The van der Waals surface area contributed by atoms with Gasteiger partial charge in [0.15, 0.2) is 11.4 Å². The van der Waals surface area contributed by atoms with E-state index >= 15 is 0 Å². The number of alkyl halides is 3. The summed E-state index contributed by atoms with van der Waals surface area (Å²) in [5.41, 5.74) is -3.18. The molecular formula is C7H2BrF4NO2. The third-order valence-electron chi connectivity index (χ3n) is 1.55. The molecule has 0 saturated carbocycles. The first-order valence-electron chi connectivity index (χ1n) is 3.44. The molecule has 0 radical (unpaired) electrons. The van der Waals surface area contributed by atoms with Crippen LogP contribution < -0.4 is 0 Å². The molecule has 0 spiro atoms. The maximum Gasteiger partial charge on any atom is 0.425 e. The summed E-state index contributed by atoms with van der Waals surface area (Å²) >= 11 is 2.52. The number of halogens is 5. The van der Waals surface area contributed by atoms with E-state index in [0.29, 0.717) is 6.07 Å². The molecule has 1 aromatic rings. The Balaban J connectivity index is 3.57. The van der Waals surface area contributed by atoms with Gasteiger partial charge in [-0.25, -0.2) is 4.39 Å². The lowest BCUT2D eigenvalue weighted by atomic mass is 10.1. The number of benzene rings is 1. The molecule has 1 aromatic carbocycles. The van der Waals surface area contributed by atoms with Crippen LogP contribution in [0.5, 0.6) is 0 Å². The number of hydrogen-bond donors (Lipinski definition) is 0. The first-order valence-corrected chi connectivity index (χ1v) is 4.24. The second-order valence-electron chi connectivity index (χ2n) is 2.51. The van der Waals surface area contributed by atoms with Gasteiger partial charge in [-0.1, -0.05) is 0 Å². The summed E-state index contributed by atoms with van der Waals surface area (Å²) in [7, 11) is 0. The van der Waals surface area contributed by atoms with Crippen molar-refractivity contribution < 1.29 is 22.5 Å². The van der Waals surface area contributed by atoms with E-state index in [1.807, 2.05) is 0 Å². The van der Waals surface area contributed by atoms with Crippen molar-refractivity contribution in [2.45, 2.75) is 6.18 Å². The summed E-state index contributed by atoms with van der Waals surface area (Å²) in [6.07, 6.45) is -5.10. The van der Waals surface area contributed by atoms with E-state index in [1.165, 1.54) is 0 Å². The Morgan fingerprint density at radius 2 is 1.87 bits per heavy atom. The van der Waals surface area contributed by atoms with Crippen molar-refractivity contribution in [1.82, 2.24) is 0 Å². The number of hydrogen-bond acceptors (Lipinski definition) is 2. The van der Waals surface area contributed by atoms with Crippen molar-refractivity contribution in [2.75, 3.05) is 0 Å². The van der Waals surface area contributed by atoms with Crippen LogP contribution in [0.1, 0.15) is 5.56 Å². The second kappa shape index (κ2) is 3.76. The van der Waals surface area contributed by atoms with Gasteiger partial charge in [-0.05, 0) is 22.0 Å². The predicted octanol–water partition coefficient (Wildman–Crippen LogP) is 3.52. The highest BCUT2D eigenvalue weighted by Crippen LogP contribution is 2.39. The number of nitro benzene ring substituents is 1. The SMILES string of the molecule is O=[N+]([O-])c1ccc(Br)c(F)c1C(F)(F)F. The summed E-state index contributed by atoms with van der Waals surface area (Å²) in [4.78, 5) is 8.98. The molecule has 1 rings (SSSR count). The van der Waals surface area contributed by atoms with Crippen LogP contribution in [0.2, 0.25) is 0 Å². The molecule has 8 heteroatoms. The van der Waals surface area contributed by atoms with Crippen molar-refractivity contribution in [3.63, 3.8) is 0 Å². The largest absolute Gasteiger partial charge is 0.425 e. The summed E-state index contributed by atoms with van der Waals surface area (Å²) < 4.78 is 49.4. The van der Waals surface area contributed by atoms with E-state index in [-0.39, 0.29) is 0 Å². The van der Waals surface area contributed by atoms with Gasteiger partial charge in [0.2, 0.25) is 0 Å². The van der Waals surface area contributed by atoms with Gasteiger partial charge >= 0.3 is 6.18 Å². The van der Waals surface area contributed by atoms with Crippen LogP contribution in [0, 0.1) is 15.9 Å². The molecule has 0 bridgehead atoms. The fourth-order valence-electron chi connectivity index (χ4n) is 0.962. The molecule has 15 heavy (non-hydrogen) atoms. The third kappa shape index (κ3) is 2.25. The van der Waals surface area contributed by atoms with Crippen LogP contribution in [-0.4, -0.2) is 4.92 Å². The van der Waals surface area contributed by atoms with Crippen molar-refractivity contribution in [2.24, 2.45) is 0 Å². The van der Waals surface area contributed by atoms with Crippen LogP contribution in [0.15, 0.2) is 16.6 Å². The Hall–Kier alpha value is -1.18. The van der Waals surface area contributed by atoms with Gasteiger partial charge in [0.25, 0.3) is 5.69 Å². The first kappa shape index (κ1) is 11.9. The molecule has 0 fully saturated rings. The molecule has 0 saturated heterocycles. The van der Waals surface area contributed by atoms with E-state index in [9.17, 15) is 27.7 Å². The molecule has 0 aliphatic heterocycles. The lowest BCUT2D eigenvalue weighted by Crippen LogP contribution is -2.12. The third-order valence-corrected chi connectivity index (χ3v) is 2.17. The monoisotopic (exact) mass is 287 g/mol. The zero-order valence-corrected chi connectivity index (χ0v) is 8.39. The Labute approximate surface area is 89.0 Å². The quantitative estimate of drug-likeness (QED) is 0.451. The highest BCUT2D eigenvalue weighted by Gasteiger charge is 2.42. The summed E-state index contributed by atoms with van der Waals surface area (Å²) in [5.74, 6) is -1.68. The van der Waals surface area contributed by atoms with Crippen molar-refractivity contribution >= 4 is 21.6 Å². The maximum absolute atomic E-state index is 13.0. The van der Waals surface area contributed by atoms with Gasteiger partial charge in [0.05, 0.1) is 9.40 Å². The van der Waals surface area contributed by atoms with Gasteiger partial charge in [-0.3, -0.25) is 10.1 Å². The van der Waals surface area contributed by atoms with Crippen LogP contribution in [0.4, 0.5) is 23.2 Å². The first-order chi connectivity index (χ1) is 6.75. The highest BCUT2D eigenvalue weighted by atomic mass is 79.9.